The fourth-order valence-electron chi connectivity index (χ4n) is 7.87. The highest BCUT2D eigenvalue weighted by atomic mass is 35.5. The van der Waals surface area contributed by atoms with E-state index in [0.29, 0.717) is 23.2 Å². The smallest absolute Gasteiger partial charge is 0.240 e. The van der Waals surface area contributed by atoms with Crippen LogP contribution in [0.25, 0.3) is 0 Å². The first kappa shape index (κ1) is 31.0. The summed E-state index contributed by atoms with van der Waals surface area (Å²) in [6, 6.07) is 11.3. The minimum Gasteiger partial charge on any atom is -0.367 e. The first-order valence-electron chi connectivity index (χ1n) is 16.5. The van der Waals surface area contributed by atoms with Gasteiger partial charge in [-0.2, -0.15) is 5.10 Å². The molecule has 2 saturated carbocycles. The van der Waals surface area contributed by atoms with E-state index in [1.165, 1.54) is 44.4 Å². The number of carbonyl (C=O) groups is 1. The van der Waals surface area contributed by atoms with Crippen molar-refractivity contribution in [3.8, 4) is 0 Å². The van der Waals surface area contributed by atoms with E-state index in [1.807, 2.05) is 35.3 Å². The van der Waals surface area contributed by atoms with Gasteiger partial charge in [0.05, 0.1) is 12.2 Å². The van der Waals surface area contributed by atoms with Crippen LogP contribution in [0.3, 0.4) is 0 Å². The lowest BCUT2D eigenvalue weighted by Crippen LogP contribution is -2.55. The minimum absolute atomic E-state index is 0.161. The summed E-state index contributed by atoms with van der Waals surface area (Å²) in [5.41, 5.74) is 1.27. The molecular formula is C34H45ClFN7O. The molecule has 1 amide bonds. The summed E-state index contributed by atoms with van der Waals surface area (Å²) >= 11 is 6.18. The Morgan fingerprint density at radius 2 is 1.70 bits per heavy atom. The number of pyridine rings is 1. The third-order valence-corrected chi connectivity index (χ3v) is 10.6. The van der Waals surface area contributed by atoms with E-state index in [0.717, 1.165) is 63.7 Å². The number of hydrogen-bond acceptors (Lipinski definition) is 6. The van der Waals surface area contributed by atoms with Gasteiger partial charge in [0.1, 0.15) is 24.3 Å². The topological polar surface area (TPSA) is 88.0 Å². The molecule has 3 aliphatic rings. The van der Waals surface area contributed by atoms with Crippen molar-refractivity contribution in [1.29, 1.82) is 0 Å². The third kappa shape index (κ3) is 7.78. The van der Waals surface area contributed by atoms with Crippen LogP contribution in [-0.4, -0.2) is 61.8 Å². The van der Waals surface area contributed by atoms with Crippen molar-refractivity contribution < 1.29 is 9.18 Å². The summed E-state index contributed by atoms with van der Waals surface area (Å²) in [4.78, 5) is 24.7. The lowest BCUT2D eigenvalue weighted by atomic mass is 9.63. The Bertz CT molecular complexity index is 1310. The summed E-state index contributed by atoms with van der Waals surface area (Å²) in [5.74, 6) is 1.25. The number of nitrogens with one attached hydrogen (secondary N) is 2. The average molecular weight is 622 g/mol. The van der Waals surface area contributed by atoms with Gasteiger partial charge in [-0.05, 0) is 98.9 Å². The largest absolute Gasteiger partial charge is 0.367 e. The van der Waals surface area contributed by atoms with Crippen LogP contribution in [0, 0.1) is 17.2 Å². The first-order valence-corrected chi connectivity index (χ1v) is 16.8. The molecule has 2 aromatic heterocycles. The van der Waals surface area contributed by atoms with Gasteiger partial charge >= 0.3 is 0 Å². The molecule has 3 fully saturated rings. The average Bonchev–Trinajstić information content (AvgIpc) is 3.57. The Labute approximate surface area is 265 Å². The van der Waals surface area contributed by atoms with Crippen molar-refractivity contribution in [1.82, 2.24) is 30.0 Å². The molecule has 0 unspecified atom stereocenters. The number of benzene rings is 1. The number of nitrogens with zero attached hydrogens (tertiary/aromatic N) is 5. The summed E-state index contributed by atoms with van der Waals surface area (Å²) in [6.07, 6.45) is 17.7. The molecule has 1 aromatic carbocycles. The Balaban J connectivity index is 1.10. The van der Waals surface area contributed by atoms with Crippen molar-refractivity contribution in [2.24, 2.45) is 11.3 Å². The zero-order valence-corrected chi connectivity index (χ0v) is 26.3. The molecule has 0 bridgehead atoms. The molecule has 0 spiro atoms. The second kappa shape index (κ2) is 14.4. The predicted octanol–water partition coefficient (Wildman–Crippen LogP) is 6.28. The number of amides is 1. The van der Waals surface area contributed by atoms with Gasteiger partial charge in [0.15, 0.2) is 0 Å². The van der Waals surface area contributed by atoms with Crippen LogP contribution in [0.15, 0.2) is 55.2 Å². The highest BCUT2D eigenvalue weighted by Gasteiger charge is 2.44. The Hall–Kier alpha value is -3.04. The molecule has 236 valence electrons. The molecule has 1 atom stereocenters. The lowest BCUT2D eigenvalue weighted by molar-refractivity contribution is -0.137. The summed E-state index contributed by atoms with van der Waals surface area (Å²) in [6.45, 7) is 2.45. The molecule has 44 heavy (non-hydrogen) atoms. The van der Waals surface area contributed by atoms with Gasteiger partial charge in [0, 0.05) is 36.7 Å². The van der Waals surface area contributed by atoms with E-state index in [4.69, 9.17) is 11.6 Å². The quantitative estimate of drug-likeness (QED) is 0.277. The molecule has 6 rings (SSSR count). The number of anilines is 1. The second-order valence-corrected chi connectivity index (χ2v) is 13.7. The van der Waals surface area contributed by atoms with Crippen molar-refractivity contribution in [2.75, 3.05) is 18.4 Å². The standard InChI is InChI=1S/C34H45ClFN7O/c35-27-8-6-25(7-9-27)20-31(40-29-11-13-30(14-12-29)41-32-15-10-28(36)21-38-32)33(44)42-18-16-34(17-19-42,22-43-24-37-23-39-43)26-4-2-1-3-5-26/h6-10,15,21,23-24,26,29-31,40H,1-5,11-14,16-20,22H2,(H,38,41)/t29-,30+,31-/m1/s1. The number of rotatable bonds is 10. The summed E-state index contributed by atoms with van der Waals surface area (Å²) in [7, 11) is 0. The van der Waals surface area contributed by atoms with Crippen molar-refractivity contribution in [2.45, 2.75) is 102 Å². The van der Waals surface area contributed by atoms with E-state index < -0.39 is 0 Å². The SMILES string of the molecule is O=C([C@@H](Cc1ccc(Cl)cc1)N[C@H]1CC[C@@H](Nc2ccc(F)cn2)CC1)N1CCC(Cn2cncn2)(C2CCCCC2)CC1. The molecule has 1 aliphatic heterocycles. The van der Waals surface area contributed by atoms with E-state index in [2.05, 4.69) is 30.6 Å². The maximum atomic E-state index is 14.2. The van der Waals surface area contributed by atoms with Gasteiger partial charge in [-0.1, -0.05) is 43.0 Å². The van der Waals surface area contributed by atoms with E-state index in [1.54, 1.807) is 12.4 Å². The van der Waals surface area contributed by atoms with Gasteiger partial charge in [-0.25, -0.2) is 14.4 Å². The lowest BCUT2D eigenvalue weighted by Gasteiger charge is -2.48. The summed E-state index contributed by atoms with van der Waals surface area (Å²) < 4.78 is 15.3. The molecule has 1 saturated heterocycles. The predicted molar refractivity (Wildman–Crippen MR) is 171 cm³/mol. The molecule has 2 aliphatic carbocycles. The number of likely N-dealkylation sites (tertiary alicyclic amines) is 1. The monoisotopic (exact) mass is 621 g/mol. The fourth-order valence-corrected chi connectivity index (χ4v) is 8.00. The van der Waals surface area contributed by atoms with E-state index in [9.17, 15) is 9.18 Å². The number of hydrogen-bond donors (Lipinski definition) is 2. The van der Waals surface area contributed by atoms with Crippen LogP contribution in [0.2, 0.25) is 5.02 Å². The van der Waals surface area contributed by atoms with Gasteiger partial charge in [0.2, 0.25) is 5.91 Å². The Morgan fingerprint density at radius 1 is 0.977 bits per heavy atom. The highest BCUT2D eigenvalue weighted by Crippen LogP contribution is 2.47. The third-order valence-electron chi connectivity index (χ3n) is 10.4. The first-order chi connectivity index (χ1) is 21.5. The number of halogens is 2. The van der Waals surface area contributed by atoms with Crippen LogP contribution in [0.4, 0.5) is 10.2 Å². The van der Waals surface area contributed by atoms with Gasteiger partial charge in [0.25, 0.3) is 0 Å². The molecule has 2 N–H and O–H groups in total. The second-order valence-electron chi connectivity index (χ2n) is 13.2. The van der Waals surface area contributed by atoms with Gasteiger partial charge < -0.3 is 15.5 Å². The van der Waals surface area contributed by atoms with Crippen LogP contribution in [0.5, 0.6) is 0 Å². The summed E-state index contributed by atoms with van der Waals surface area (Å²) in [5, 5.41) is 12.4. The van der Waals surface area contributed by atoms with E-state index >= 15 is 0 Å². The van der Waals surface area contributed by atoms with Crippen LogP contribution in [-0.2, 0) is 17.8 Å². The molecule has 10 heteroatoms. The van der Waals surface area contributed by atoms with Crippen molar-refractivity contribution in [3.05, 3.63) is 71.7 Å². The highest BCUT2D eigenvalue weighted by molar-refractivity contribution is 6.30. The van der Waals surface area contributed by atoms with Crippen LogP contribution in [0.1, 0.15) is 76.2 Å². The molecular weight excluding hydrogens is 577 g/mol. The molecule has 8 nitrogen and oxygen atoms in total. The van der Waals surface area contributed by atoms with Crippen LogP contribution >= 0.6 is 11.6 Å². The molecule has 3 aromatic rings. The minimum atomic E-state index is -0.330. The molecule has 3 heterocycles. The fraction of sp³-hybridized carbons (Fsp3) is 0.588. The van der Waals surface area contributed by atoms with Crippen LogP contribution < -0.4 is 10.6 Å². The maximum absolute atomic E-state index is 14.2. The number of aromatic nitrogens is 4. The normalized spacial score (nSPS) is 23.3. The van der Waals surface area contributed by atoms with E-state index in [-0.39, 0.29) is 35.3 Å². The zero-order chi connectivity index (χ0) is 30.4. The number of carbonyl (C=O) groups excluding carboxylic acids is 1. The van der Waals surface area contributed by atoms with Gasteiger partial charge in [-0.15, -0.1) is 0 Å². The molecule has 0 radical (unpaired) electrons. The van der Waals surface area contributed by atoms with Crippen molar-refractivity contribution >= 4 is 23.3 Å². The number of piperidine rings is 1. The Morgan fingerprint density at radius 3 is 2.36 bits per heavy atom. The maximum Gasteiger partial charge on any atom is 0.240 e. The Kier molecular flexibility index (Phi) is 10.1. The zero-order valence-electron chi connectivity index (χ0n) is 25.5. The van der Waals surface area contributed by atoms with Crippen molar-refractivity contribution in [3.63, 3.8) is 0 Å². The van der Waals surface area contributed by atoms with Gasteiger partial charge in [-0.3, -0.25) is 9.48 Å².